The molecule has 3 N–H and O–H groups in total. The fourth-order valence-electron chi connectivity index (χ4n) is 0.906. The van der Waals surface area contributed by atoms with Gasteiger partial charge in [-0.2, -0.15) is 0 Å². The number of anilines is 1. The summed E-state index contributed by atoms with van der Waals surface area (Å²) >= 11 is 11.0. The minimum Gasteiger partial charge on any atom is -0.506 e. The molecular formula is C8H7Cl2NO2. The molecule has 0 heterocycles. The highest BCUT2D eigenvalue weighted by Gasteiger charge is 2.13. The zero-order chi connectivity index (χ0) is 10.0. The number of aromatic hydroxyl groups is 1. The van der Waals surface area contributed by atoms with Crippen molar-refractivity contribution in [3.05, 3.63) is 22.7 Å². The molecule has 13 heavy (non-hydrogen) atoms. The zero-order valence-corrected chi connectivity index (χ0v) is 8.06. The molecule has 5 heteroatoms. The Morgan fingerprint density at radius 3 is 2.69 bits per heavy atom. The van der Waals surface area contributed by atoms with Crippen LogP contribution in [-0.2, 0) is 0 Å². The van der Waals surface area contributed by atoms with Gasteiger partial charge in [-0.05, 0) is 6.07 Å². The number of hydrogen-bond donors (Lipinski definition) is 2. The first-order chi connectivity index (χ1) is 6.06. The molecule has 3 nitrogen and oxygen atoms in total. The summed E-state index contributed by atoms with van der Waals surface area (Å²) < 4.78 is 0. The van der Waals surface area contributed by atoms with Gasteiger partial charge in [0, 0.05) is 17.3 Å². The Balaban J connectivity index is 3.28. The number of carbonyl (C=O) groups is 1. The lowest BCUT2D eigenvalue weighted by atomic mass is 10.1. The summed E-state index contributed by atoms with van der Waals surface area (Å²) in [4.78, 5) is 11.2. The summed E-state index contributed by atoms with van der Waals surface area (Å²) in [5, 5.41) is 9.20. The smallest absolute Gasteiger partial charge is 0.179 e. The molecule has 0 saturated heterocycles. The summed E-state index contributed by atoms with van der Waals surface area (Å²) in [7, 11) is 0. The molecule has 1 aromatic carbocycles. The van der Waals surface area contributed by atoms with Crippen molar-refractivity contribution in [3.63, 3.8) is 0 Å². The molecule has 0 aliphatic carbocycles. The maximum absolute atomic E-state index is 11.2. The van der Waals surface area contributed by atoms with Gasteiger partial charge in [-0.15, -0.1) is 11.6 Å². The lowest BCUT2D eigenvalue weighted by Crippen LogP contribution is -2.02. The second-order valence-electron chi connectivity index (χ2n) is 2.46. The molecule has 0 saturated carbocycles. The number of halogens is 2. The quantitative estimate of drug-likeness (QED) is 0.455. The van der Waals surface area contributed by atoms with Gasteiger partial charge < -0.3 is 10.8 Å². The van der Waals surface area contributed by atoms with Crippen LogP contribution in [0, 0.1) is 0 Å². The third kappa shape index (κ3) is 2.05. The first-order valence-corrected chi connectivity index (χ1v) is 4.34. The van der Waals surface area contributed by atoms with E-state index in [1.54, 1.807) is 0 Å². The van der Waals surface area contributed by atoms with Gasteiger partial charge in [-0.1, -0.05) is 11.6 Å². The van der Waals surface area contributed by atoms with E-state index >= 15 is 0 Å². The Morgan fingerprint density at radius 2 is 2.15 bits per heavy atom. The zero-order valence-electron chi connectivity index (χ0n) is 6.55. The van der Waals surface area contributed by atoms with E-state index in [1.165, 1.54) is 12.1 Å². The van der Waals surface area contributed by atoms with Crippen molar-refractivity contribution < 1.29 is 9.90 Å². The maximum Gasteiger partial charge on any atom is 0.179 e. The minimum absolute atomic E-state index is 0.0140. The molecule has 0 amide bonds. The number of phenols is 1. The third-order valence-electron chi connectivity index (χ3n) is 1.50. The number of alkyl halides is 1. The van der Waals surface area contributed by atoms with Gasteiger partial charge in [-0.25, -0.2) is 0 Å². The van der Waals surface area contributed by atoms with Crippen LogP contribution in [0.4, 0.5) is 5.69 Å². The molecular weight excluding hydrogens is 213 g/mol. The van der Waals surface area contributed by atoms with Gasteiger partial charge in [0.05, 0.1) is 10.9 Å². The number of Topliss-reactive ketones (excluding diaryl/α,β-unsaturated/α-hetero) is 1. The SMILES string of the molecule is Nc1cc(O)c(Cl)c(C(=O)CCl)c1. The molecule has 0 unspecified atom stereocenters. The normalized spacial score (nSPS) is 10.0. The van der Waals surface area contributed by atoms with E-state index in [4.69, 9.17) is 28.9 Å². The summed E-state index contributed by atoms with van der Waals surface area (Å²) in [6.07, 6.45) is 0. The average Bonchev–Trinajstić information content (AvgIpc) is 2.10. The minimum atomic E-state index is -0.366. The highest BCUT2D eigenvalue weighted by Crippen LogP contribution is 2.30. The number of ketones is 1. The first kappa shape index (κ1) is 10.2. The van der Waals surface area contributed by atoms with Crippen LogP contribution in [0.15, 0.2) is 12.1 Å². The van der Waals surface area contributed by atoms with Crippen molar-refractivity contribution >= 4 is 34.7 Å². The summed E-state index contributed by atoms with van der Waals surface area (Å²) in [5.41, 5.74) is 5.83. The topological polar surface area (TPSA) is 63.3 Å². The van der Waals surface area contributed by atoms with Crippen molar-refractivity contribution in [1.29, 1.82) is 0 Å². The molecule has 0 atom stereocenters. The third-order valence-corrected chi connectivity index (χ3v) is 2.14. The lowest BCUT2D eigenvalue weighted by Gasteiger charge is -2.04. The van der Waals surface area contributed by atoms with Gasteiger partial charge in [0.1, 0.15) is 5.75 Å². The van der Waals surface area contributed by atoms with Crippen LogP contribution in [0.5, 0.6) is 5.75 Å². The Hall–Kier alpha value is -0.930. The fraction of sp³-hybridized carbons (Fsp3) is 0.125. The van der Waals surface area contributed by atoms with Crippen LogP contribution < -0.4 is 5.73 Å². The number of benzene rings is 1. The van der Waals surface area contributed by atoms with Crippen molar-refractivity contribution in [3.8, 4) is 5.75 Å². The Morgan fingerprint density at radius 1 is 1.54 bits per heavy atom. The summed E-state index contributed by atoms with van der Waals surface area (Å²) in [5.74, 6) is -0.771. The average molecular weight is 220 g/mol. The molecule has 0 aromatic heterocycles. The Kier molecular flexibility index (Phi) is 3.01. The molecule has 70 valence electrons. The molecule has 0 bridgehead atoms. The lowest BCUT2D eigenvalue weighted by molar-refractivity contribution is 0.102. The second kappa shape index (κ2) is 3.85. The van der Waals surface area contributed by atoms with Crippen LogP contribution >= 0.6 is 23.2 Å². The largest absolute Gasteiger partial charge is 0.506 e. The molecule has 1 aromatic rings. The molecule has 0 fully saturated rings. The van der Waals surface area contributed by atoms with Crippen LogP contribution in [0.1, 0.15) is 10.4 Å². The summed E-state index contributed by atoms with van der Waals surface area (Å²) in [6, 6.07) is 2.65. The van der Waals surface area contributed by atoms with Crippen LogP contribution in [0.3, 0.4) is 0 Å². The molecule has 0 radical (unpaired) electrons. The van der Waals surface area contributed by atoms with Gasteiger partial charge in [0.15, 0.2) is 5.78 Å². The highest BCUT2D eigenvalue weighted by atomic mass is 35.5. The van der Waals surface area contributed by atoms with E-state index < -0.39 is 0 Å². The second-order valence-corrected chi connectivity index (χ2v) is 3.10. The predicted molar refractivity (Wildman–Crippen MR) is 52.6 cm³/mol. The van der Waals surface area contributed by atoms with Crippen molar-refractivity contribution in [2.24, 2.45) is 0 Å². The van der Waals surface area contributed by atoms with Crippen LogP contribution in [0.25, 0.3) is 0 Å². The molecule has 0 spiro atoms. The predicted octanol–water partition coefficient (Wildman–Crippen LogP) is 2.05. The maximum atomic E-state index is 11.2. The van der Waals surface area contributed by atoms with Gasteiger partial charge in [0.2, 0.25) is 0 Å². The van der Waals surface area contributed by atoms with Crippen LogP contribution in [0.2, 0.25) is 5.02 Å². The monoisotopic (exact) mass is 219 g/mol. The molecule has 0 aliphatic heterocycles. The number of rotatable bonds is 2. The number of nitrogens with two attached hydrogens (primary N) is 1. The Labute approximate surface area is 85.1 Å². The van der Waals surface area contributed by atoms with Crippen molar-refractivity contribution in [1.82, 2.24) is 0 Å². The van der Waals surface area contributed by atoms with Crippen molar-refractivity contribution in [2.45, 2.75) is 0 Å². The van der Waals surface area contributed by atoms with Gasteiger partial charge >= 0.3 is 0 Å². The van der Waals surface area contributed by atoms with E-state index in [-0.39, 0.29) is 33.7 Å². The first-order valence-electron chi connectivity index (χ1n) is 3.43. The van der Waals surface area contributed by atoms with E-state index in [9.17, 15) is 9.90 Å². The standard InChI is InChI=1S/C8H7Cl2NO2/c9-3-7(13)5-1-4(11)2-6(12)8(5)10/h1-2,12H,3,11H2. The number of hydrogen-bond acceptors (Lipinski definition) is 3. The van der Waals surface area contributed by atoms with Gasteiger partial charge in [0.25, 0.3) is 0 Å². The van der Waals surface area contributed by atoms with Crippen LogP contribution in [-0.4, -0.2) is 16.8 Å². The number of phenolic OH excluding ortho intramolecular Hbond substituents is 1. The van der Waals surface area contributed by atoms with E-state index in [0.717, 1.165) is 0 Å². The number of nitrogen functional groups attached to an aromatic ring is 1. The Bertz CT molecular complexity index is 352. The summed E-state index contributed by atoms with van der Waals surface area (Å²) in [6.45, 7) is 0. The number of carbonyl (C=O) groups excluding carboxylic acids is 1. The van der Waals surface area contributed by atoms with E-state index in [1.807, 2.05) is 0 Å². The highest BCUT2D eigenvalue weighted by molar-refractivity contribution is 6.38. The molecule has 0 aliphatic rings. The van der Waals surface area contributed by atoms with E-state index in [2.05, 4.69) is 0 Å². The van der Waals surface area contributed by atoms with Crippen molar-refractivity contribution in [2.75, 3.05) is 11.6 Å². The van der Waals surface area contributed by atoms with E-state index in [0.29, 0.717) is 0 Å². The van der Waals surface area contributed by atoms with Gasteiger partial charge in [-0.3, -0.25) is 4.79 Å². The fourth-order valence-corrected chi connectivity index (χ4v) is 1.26. The molecule has 1 rings (SSSR count).